The molecule has 1 aromatic heterocycles. The molecule has 0 amide bonds. The molecule has 0 saturated carbocycles. The van der Waals surface area contributed by atoms with Gasteiger partial charge in [0.1, 0.15) is 11.6 Å². The predicted octanol–water partition coefficient (Wildman–Crippen LogP) is 6.75. The van der Waals surface area contributed by atoms with Crippen molar-refractivity contribution >= 4 is 16.9 Å². The Kier molecular flexibility index (Phi) is 5.96. The number of phenols is 1. The maximum Gasteiger partial charge on any atom is 0.416 e. The zero-order valence-electron chi connectivity index (χ0n) is 18.8. The minimum Gasteiger partial charge on any atom is -0.507 e. The second-order valence-electron chi connectivity index (χ2n) is 8.73. The Labute approximate surface area is 203 Å². The van der Waals surface area contributed by atoms with Crippen molar-refractivity contribution in [1.29, 1.82) is 0 Å². The molecule has 0 atom stereocenters. The number of alkyl halides is 3. The standard InChI is InChI=1S/C27H21F4NO4/c28-19-5-7-20(8-6-19)32-21-13-18(27(29,30)31)14-22(33)24(21)23(25(32)16-9-11-36-12-10-16)15-1-3-17(4-2-15)26(34)35/h1-8,13-14,16,33H,9-12H2,(H,34,35). The van der Waals surface area contributed by atoms with Gasteiger partial charge in [0, 0.05) is 41.5 Å². The van der Waals surface area contributed by atoms with Crippen molar-refractivity contribution in [2.75, 3.05) is 13.2 Å². The van der Waals surface area contributed by atoms with E-state index in [4.69, 9.17) is 4.74 Å². The lowest BCUT2D eigenvalue weighted by molar-refractivity contribution is -0.137. The first-order valence-corrected chi connectivity index (χ1v) is 11.3. The van der Waals surface area contributed by atoms with Crippen molar-refractivity contribution < 1.29 is 37.3 Å². The number of aromatic carboxylic acids is 1. The van der Waals surface area contributed by atoms with E-state index < -0.39 is 29.3 Å². The molecule has 2 heterocycles. The highest BCUT2D eigenvalue weighted by Gasteiger charge is 2.35. The number of carboxylic acids is 1. The Hall–Kier alpha value is -3.85. The number of hydrogen-bond donors (Lipinski definition) is 2. The van der Waals surface area contributed by atoms with Crippen LogP contribution in [0.4, 0.5) is 17.6 Å². The van der Waals surface area contributed by atoms with Crippen LogP contribution in [0.15, 0.2) is 60.7 Å². The molecule has 186 valence electrons. The van der Waals surface area contributed by atoms with Crippen molar-refractivity contribution in [2.45, 2.75) is 24.9 Å². The summed E-state index contributed by atoms with van der Waals surface area (Å²) in [6.45, 7) is 0.902. The molecule has 0 aliphatic carbocycles. The van der Waals surface area contributed by atoms with E-state index in [9.17, 15) is 32.6 Å². The zero-order chi connectivity index (χ0) is 25.6. The number of benzene rings is 3. The maximum atomic E-state index is 13.8. The Morgan fingerprint density at radius 2 is 1.61 bits per heavy atom. The fourth-order valence-corrected chi connectivity index (χ4v) is 4.88. The average molecular weight is 499 g/mol. The van der Waals surface area contributed by atoms with Crippen molar-refractivity contribution in [3.8, 4) is 22.6 Å². The van der Waals surface area contributed by atoms with Crippen LogP contribution in [0.25, 0.3) is 27.7 Å². The van der Waals surface area contributed by atoms with E-state index in [-0.39, 0.29) is 22.4 Å². The molecule has 1 aliphatic rings. The molecule has 3 aromatic carbocycles. The van der Waals surface area contributed by atoms with Crippen molar-refractivity contribution in [3.05, 3.63) is 83.3 Å². The molecule has 1 saturated heterocycles. The number of phenolic OH excluding ortho intramolecular Hbond substituents is 1. The van der Waals surface area contributed by atoms with Crippen LogP contribution < -0.4 is 0 Å². The minimum absolute atomic E-state index is 0.0530. The summed E-state index contributed by atoms with van der Waals surface area (Å²) in [5.41, 5.74) is 1.30. The molecule has 2 N–H and O–H groups in total. The lowest BCUT2D eigenvalue weighted by atomic mass is 9.89. The number of fused-ring (bicyclic) bond motifs is 1. The average Bonchev–Trinajstić information content (AvgIpc) is 3.20. The van der Waals surface area contributed by atoms with Gasteiger partial charge in [-0.05, 0) is 66.9 Å². The molecule has 5 nitrogen and oxygen atoms in total. The molecule has 4 aromatic rings. The van der Waals surface area contributed by atoms with Crippen LogP contribution in [-0.4, -0.2) is 34.0 Å². The van der Waals surface area contributed by atoms with Gasteiger partial charge in [-0.25, -0.2) is 9.18 Å². The van der Waals surface area contributed by atoms with Gasteiger partial charge < -0.3 is 19.5 Å². The smallest absolute Gasteiger partial charge is 0.416 e. The quantitative estimate of drug-likeness (QED) is 0.305. The molecular formula is C27H21F4NO4. The van der Waals surface area contributed by atoms with Gasteiger partial charge in [0.25, 0.3) is 0 Å². The number of rotatable bonds is 4. The van der Waals surface area contributed by atoms with Gasteiger partial charge in [0.15, 0.2) is 0 Å². The number of aromatic nitrogens is 1. The van der Waals surface area contributed by atoms with Crippen LogP contribution in [0.2, 0.25) is 0 Å². The maximum absolute atomic E-state index is 13.8. The van der Waals surface area contributed by atoms with Crippen molar-refractivity contribution in [3.63, 3.8) is 0 Å². The fourth-order valence-electron chi connectivity index (χ4n) is 4.88. The number of aromatic hydroxyl groups is 1. The first-order chi connectivity index (χ1) is 17.1. The minimum atomic E-state index is -4.70. The molecule has 0 unspecified atom stereocenters. The first kappa shape index (κ1) is 23.9. The molecule has 9 heteroatoms. The van der Waals surface area contributed by atoms with Gasteiger partial charge in [-0.1, -0.05) is 12.1 Å². The highest BCUT2D eigenvalue weighted by molar-refractivity contribution is 6.04. The number of halogens is 4. The Balaban J connectivity index is 1.90. The summed E-state index contributed by atoms with van der Waals surface area (Å²) in [7, 11) is 0. The van der Waals surface area contributed by atoms with Gasteiger partial charge in [-0.2, -0.15) is 13.2 Å². The summed E-state index contributed by atoms with van der Waals surface area (Å²) < 4.78 is 62.2. The summed E-state index contributed by atoms with van der Waals surface area (Å²) in [6.07, 6.45) is -3.53. The molecule has 0 bridgehead atoms. The Bertz CT molecular complexity index is 1430. The molecule has 36 heavy (non-hydrogen) atoms. The number of nitrogens with zero attached hydrogens (tertiary/aromatic N) is 1. The van der Waals surface area contributed by atoms with Gasteiger partial charge in [-0.3, -0.25) is 0 Å². The summed E-state index contributed by atoms with van der Waals surface area (Å²) in [5, 5.41) is 20.4. The van der Waals surface area contributed by atoms with Crippen LogP contribution in [0.1, 0.15) is 40.4 Å². The lowest BCUT2D eigenvalue weighted by Crippen LogP contribution is -2.17. The summed E-state index contributed by atoms with van der Waals surface area (Å²) in [4.78, 5) is 11.4. The van der Waals surface area contributed by atoms with E-state index in [0.717, 1.165) is 6.07 Å². The summed E-state index contributed by atoms with van der Waals surface area (Å²) in [6, 6.07) is 13.1. The van der Waals surface area contributed by atoms with Gasteiger partial charge in [-0.15, -0.1) is 0 Å². The highest BCUT2D eigenvalue weighted by Crippen LogP contribution is 2.48. The normalized spacial score (nSPS) is 14.9. The van der Waals surface area contributed by atoms with Crippen LogP contribution in [0, 0.1) is 5.82 Å². The van der Waals surface area contributed by atoms with Crippen LogP contribution in [0.3, 0.4) is 0 Å². The van der Waals surface area contributed by atoms with Gasteiger partial charge in [0.2, 0.25) is 0 Å². The van der Waals surface area contributed by atoms with Gasteiger partial charge in [0.05, 0.1) is 16.6 Å². The van der Waals surface area contributed by atoms with E-state index in [1.54, 1.807) is 16.7 Å². The zero-order valence-corrected chi connectivity index (χ0v) is 18.8. The monoisotopic (exact) mass is 499 g/mol. The second kappa shape index (κ2) is 8.98. The number of ether oxygens (including phenoxy) is 1. The van der Waals surface area contributed by atoms with E-state index in [1.165, 1.54) is 36.4 Å². The topological polar surface area (TPSA) is 71.7 Å². The molecule has 5 rings (SSSR count). The van der Waals surface area contributed by atoms with Gasteiger partial charge >= 0.3 is 12.1 Å². The summed E-state index contributed by atoms with van der Waals surface area (Å²) in [5.74, 6) is -2.30. The van der Waals surface area contributed by atoms with Crippen molar-refractivity contribution in [1.82, 2.24) is 4.57 Å². The van der Waals surface area contributed by atoms with E-state index in [2.05, 4.69) is 0 Å². The Morgan fingerprint density at radius 3 is 2.19 bits per heavy atom. The third-order valence-electron chi connectivity index (χ3n) is 6.53. The number of hydrogen-bond acceptors (Lipinski definition) is 3. The predicted molar refractivity (Wildman–Crippen MR) is 125 cm³/mol. The summed E-state index contributed by atoms with van der Waals surface area (Å²) >= 11 is 0. The second-order valence-corrected chi connectivity index (χ2v) is 8.73. The third kappa shape index (κ3) is 4.19. The highest BCUT2D eigenvalue weighted by atomic mass is 19.4. The van der Waals surface area contributed by atoms with Crippen LogP contribution >= 0.6 is 0 Å². The van der Waals surface area contributed by atoms with E-state index >= 15 is 0 Å². The van der Waals surface area contributed by atoms with E-state index in [0.29, 0.717) is 54.6 Å². The largest absolute Gasteiger partial charge is 0.507 e. The molecule has 1 aliphatic heterocycles. The number of carbonyl (C=O) groups is 1. The van der Waals surface area contributed by atoms with Crippen LogP contribution in [-0.2, 0) is 10.9 Å². The number of carboxylic acid groups (broad SMARTS) is 1. The fraction of sp³-hybridized carbons (Fsp3) is 0.222. The van der Waals surface area contributed by atoms with E-state index in [1.807, 2.05) is 0 Å². The van der Waals surface area contributed by atoms with Crippen molar-refractivity contribution in [2.24, 2.45) is 0 Å². The van der Waals surface area contributed by atoms with Crippen LogP contribution in [0.5, 0.6) is 5.75 Å². The first-order valence-electron chi connectivity index (χ1n) is 11.3. The molecule has 1 fully saturated rings. The molecule has 0 radical (unpaired) electrons. The SMILES string of the molecule is O=C(O)c1ccc(-c2c(C3CCOCC3)n(-c3ccc(F)cc3)c3cc(C(F)(F)F)cc(O)c23)cc1. The lowest BCUT2D eigenvalue weighted by Gasteiger charge is -2.26. The molecular weight excluding hydrogens is 478 g/mol. The third-order valence-corrected chi connectivity index (χ3v) is 6.53. The Morgan fingerprint density at radius 1 is 0.972 bits per heavy atom. The molecule has 0 spiro atoms.